The molecule has 5 rings (SSSR count). The summed E-state index contributed by atoms with van der Waals surface area (Å²) < 4.78 is 69.5. The third-order valence-corrected chi connectivity index (χ3v) is 12.4. The van der Waals surface area contributed by atoms with Crippen molar-refractivity contribution in [3.8, 4) is 17.2 Å². The average molecular weight is 1150 g/mol. The van der Waals surface area contributed by atoms with Gasteiger partial charge in [-0.1, -0.05) is 83.7 Å². The molecular weight excluding hydrogens is 1090 g/mol. The third kappa shape index (κ3) is 20.4. The summed E-state index contributed by atoms with van der Waals surface area (Å²) in [6, 6.07) is 18.6. The van der Waals surface area contributed by atoms with Crippen LogP contribution in [0, 0.1) is 6.92 Å². The maximum Gasteiger partial charge on any atom is 0.416 e. The number of fused-ring (bicyclic) bond motifs is 1. The number of nitrogens with zero attached hydrogens (tertiary/aromatic N) is 2. The van der Waals surface area contributed by atoms with E-state index in [2.05, 4.69) is 13.0 Å². The summed E-state index contributed by atoms with van der Waals surface area (Å²) in [5.41, 5.74) is 7.90. The molecule has 2 amide bonds. The van der Waals surface area contributed by atoms with E-state index >= 15 is 0 Å². The number of halogens is 8. The first kappa shape index (κ1) is 64.3. The number of nitrogens with two attached hydrogens (primary N) is 1. The van der Waals surface area contributed by atoms with Gasteiger partial charge >= 0.3 is 24.1 Å². The van der Waals surface area contributed by atoms with Crippen LogP contribution in [0.15, 0.2) is 78.9 Å². The Morgan fingerprint density at radius 1 is 0.959 bits per heavy atom. The molecule has 0 saturated carbocycles. The Kier molecular flexibility index (Phi) is 26.3. The first-order valence-electron chi connectivity index (χ1n) is 21.8. The second-order valence-corrected chi connectivity index (χ2v) is 20.8. The van der Waals surface area contributed by atoms with Gasteiger partial charge in [-0.3, -0.25) is 18.9 Å². The SMILES string of the molecule is CC1COc2ccccc2N1C(=O)C(Cl)Cl.CCc1cccc(C)c1N(C(=O)CCl)C(C)COC.CP(=O)(O)CCC(N)C(=O)O.C[C@H](OC(=O)c1cc(Oc2ccc(C(F)(F)F)cc2Cl)ccc1Cl)C(=O)O. The second-order valence-electron chi connectivity index (χ2n) is 16.1. The molecule has 1 aliphatic rings. The zero-order valence-corrected chi connectivity index (χ0v) is 45.2. The number of ether oxygens (including phenoxy) is 4. The maximum absolute atomic E-state index is 12.7. The number of aryl methyl sites for hydroxylation is 2. The number of rotatable bonds is 16. The molecule has 25 heteroatoms. The highest BCUT2D eigenvalue weighted by molar-refractivity contribution is 7.57. The van der Waals surface area contributed by atoms with E-state index in [-0.39, 0.29) is 69.5 Å². The first-order chi connectivity index (χ1) is 34.0. The number of carboxylic acids is 2. The fourth-order valence-corrected chi connectivity index (χ4v) is 7.96. The summed E-state index contributed by atoms with van der Waals surface area (Å²) >= 11 is 28.7. The molecule has 5 N–H and O–H groups in total. The van der Waals surface area contributed by atoms with Gasteiger partial charge in [0.05, 0.1) is 51.2 Å². The lowest BCUT2D eigenvalue weighted by atomic mass is 10.0. The molecular formula is C48H56Cl5F3N3O13P. The van der Waals surface area contributed by atoms with Crippen LogP contribution >= 0.6 is 65.4 Å². The molecule has 16 nitrogen and oxygen atoms in total. The number of para-hydroxylation sites is 3. The van der Waals surface area contributed by atoms with E-state index in [9.17, 15) is 41.7 Å². The lowest BCUT2D eigenvalue weighted by Crippen LogP contribution is -2.47. The fraction of sp³-hybridized carbons (Fsp3) is 0.396. The molecule has 5 atom stereocenters. The van der Waals surface area contributed by atoms with Gasteiger partial charge in [-0.25, -0.2) is 9.59 Å². The van der Waals surface area contributed by atoms with Crippen molar-refractivity contribution in [2.45, 2.75) is 82.7 Å². The molecule has 0 aromatic heterocycles. The van der Waals surface area contributed by atoms with Crippen LogP contribution in [-0.4, -0.2) is 113 Å². The van der Waals surface area contributed by atoms with Crippen LogP contribution < -0.4 is 25.0 Å². The highest BCUT2D eigenvalue weighted by atomic mass is 35.5. The van der Waals surface area contributed by atoms with Gasteiger partial charge in [0.1, 0.15) is 35.8 Å². The summed E-state index contributed by atoms with van der Waals surface area (Å²) in [6.45, 7) is 11.2. The van der Waals surface area contributed by atoms with Gasteiger partial charge in [-0.2, -0.15) is 13.2 Å². The van der Waals surface area contributed by atoms with Gasteiger partial charge in [0.15, 0.2) is 18.3 Å². The molecule has 0 aliphatic carbocycles. The van der Waals surface area contributed by atoms with Gasteiger partial charge in [-0.15, -0.1) is 11.6 Å². The third-order valence-electron chi connectivity index (χ3n) is 10.1. The largest absolute Gasteiger partial charge is 0.489 e. The van der Waals surface area contributed by atoms with E-state index < -0.39 is 54.0 Å². The summed E-state index contributed by atoms with van der Waals surface area (Å²) in [7, 11) is -1.47. The van der Waals surface area contributed by atoms with Gasteiger partial charge in [0.2, 0.25) is 5.91 Å². The van der Waals surface area contributed by atoms with Crippen LogP contribution in [0.2, 0.25) is 10.0 Å². The molecule has 0 fully saturated rings. The number of hydrogen-bond acceptors (Lipinski definition) is 11. The number of benzene rings is 4. The number of methoxy groups -OCH3 is 1. The lowest BCUT2D eigenvalue weighted by Gasteiger charge is -2.35. The summed E-state index contributed by atoms with van der Waals surface area (Å²) in [6.07, 6.45) is -5.08. The van der Waals surface area contributed by atoms with E-state index in [4.69, 9.17) is 97.8 Å². The first-order valence-corrected chi connectivity index (χ1v) is 26.3. The van der Waals surface area contributed by atoms with Crippen molar-refractivity contribution in [2.75, 3.05) is 48.8 Å². The number of carbonyl (C=O) groups is 5. The standard InChI is InChI=1S/C17H11Cl2F3O5.C15H22ClNO2.C11H11Cl2NO2.C5H12NO4P/c1-8(15(23)24)26-16(25)11-7-10(3-4-12(11)18)27-14-5-2-9(6-13(14)19)17(20,21)22;1-5-13-8-6-7-11(2)15(13)17(14(18)9-16)12(3)10-19-4;1-7-6-16-9-5-3-2-4-8(9)14(7)11(15)10(12)13;1-11(9,10)3-2-4(6)5(7)8/h2-8H,1H3,(H,23,24);6-8,12H,5,9-10H2,1-4H3;2-5,7,10H,6H2,1H3;4H,2-3,6H2,1H3,(H,7,8)(H,9,10)/t8-;;;/m0.../s1. The summed E-state index contributed by atoms with van der Waals surface area (Å²) in [4.78, 5) is 68.0. The molecule has 4 aromatic carbocycles. The Morgan fingerprint density at radius 2 is 1.60 bits per heavy atom. The normalized spacial score (nSPS) is 14.8. The van der Waals surface area contributed by atoms with Crippen LogP contribution in [0.4, 0.5) is 24.5 Å². The van der Waals surface area contributed by atoms with Crippen LogP contribution in [0.25, 0.3) is 0 Å². The summed E-state index contributed by atoms with van der Waals surface area (Å²) in [5.74, 6) is -3.27. The molecule has 0 radical (unpaired) electrons. The number of aliphatic carboxylic acids is 2. The van der Waals surface area contributed by atoms with Gasteiger partial charge < -0.3 is 49.6 Å². The topological polar surface area (TPSA) is 233 Å². The minimum Gasteiger partial charge on any atom is -0.489 e. The average Bonchev–Trinajstić information content (AvgIpc) is 3.32. The zero-order valence-electron chi connectivity index (χ0n) is 40.5. The highest BCUT2D eigenvalue weighted by Crippen LogP contribution is 2.38. The quantitative estimate of drug-likeness (QED) is 0.0464. The Hall–Kier alpha value is -4.82. The van der Waals surface area contributed by atoms with Crippen molar-refractivity contribution in [3.05, 3.63) is 111 Å². The van der Waals surface area contributed by atoms with Crippen LogP contribution in [0.3, 0.4) is 0 Å². The Morgan fingerprint density at radius 3 is 2.14 bits per heavy atom. The molecule has 4 aromatic rings. The minimum atomic E-state index is -4.56. The lowest BCUT2D eigenvalue weighted by molar-refractivity contribution is -0.146. The van der Waals surface area contributed by atoms with Crippen molar-refractivity contribution in [1.82, 2.24) is 0 Å². The van der Waals surface area contributed by atoms with E-state index in [0.717, 1.165) is 54.0 Å². The van der Waals surface area contributed by atoms with E-state index in [1.54, 1.807) is 16.9 Å². The van der Waals surface area contributed by atoms with Crippen molar-refractivity contribution < 1.29 is 75.8 Å². The minimum absolute atomic E-state index is 0.0223. The Bertz CT molecular complexity index is 2570. The molecule has 0 saturated heterocycles. The van der Waals surface area contributed by atoms with Crippen LogP contribution in [0.1, 0.15) is 61.2 Å². The van der Waals surface area contributed by atoms with Crippen LogP contribution in [0.5, 0.6) is 17.2 Å². The number of esters is 1. The maximum atomic E-state index is 12.7. The van der Waals surface area contributed by atoms with Gasteiger partial charge in [0, 0.05) is 19.9 Å². The molecule has 0 bridgehead atoms. The van der Waals surface area contributed by atoms with Crippen LogP contribution in [-0.2, 0) is 45.8 Å². The van der Waals surface area contributed by atoms with E-state index in [1.165, 1.54) is 18.8 Å². The van der Waals surface area contributed by atoms with Crippen molar-refractivity contribution in [3.63, 3.8) is 0 Å². The van der Waals surface area contributed by atoms with E-state index in [0.29, 0.717) is 25.0 Å². The molecule has 402 valence electrons. The smallest absolute Gasteiger partial charge is 0.416 e. The second kappa shape index (κ2) is 29.9. The summed E-state index contributed by atoms with van der Waals surface area (Å²) in [5, 5.41) is 16.7. The van der Waals surface area contributed by atoms with E-state index in [1.807, 2.05) is 57.2 Å². The van der Waals surface area contributed by atoms with Gasteiger partial charge in [0.25, 0.3) is 5.91 Å². The number of carboxylic acid groups (broad SMARTS) is 2. The Labute approximate surface area is 445 Å². The molecule has 1 heterocycles. The van der Waals surface area contributed by atoms with Crippen molar-refractivity contribution in [1.29, 1.82) is 0 Å². The fourth-order valence-electron chi connectivity index (χ4n) is 6.45. The Balaban J connectivity index is 0.000000350. The number of anilines is 2. The number of amides is 2. The molecule has 0 spiro atoms. The zero-order chi connectivity index (χ0) is 55.5. The molecule has 1 aliphatic heterocycles. The number of hydrogen-bond donors (Lipinski definition) is 4. The monoisotopic (exact) mass is 1150 g/mol. The molecule has 4 unspecified atom stereocenters. The van der Waals surface area contributed by atoms with Crippen molar-refractivity contribution in [2.24, 2.45) is 5.73 Å². The molecule has 73 heavy (non-hydrogen) atoms. The predicted octanol–water partition coefficient (Wildman–Crippen LogP) is 10.9. The number of alkyl halides is 6. The highest BCUT2D eigenvalue weighted by Gasteiger charge is 2.33. The van der Waals surface area contributed by atoms with Gasteiger partial charge in [-0.05, 0) is 100 Å². The number of carbonyl (C=O) groups excluding carboxylic acids is 3. The predicted molar refractivity (Wildman–Crippen MR) is 276 cm³/mol. The van der Waals surface area contributed by atoms with Crippen molar-refractivity contribution >= 4 is 106 Å².